The number of rotatable bonds is 7. The first kappa shape index (κ1) is 16.2. The molecule has 1 saturated carbocycles. The third-order valence-electron chi connectivity index (χ3n) is 3.86. The van der Waals surface area contributed by atoms with Gasteiger partial charge in [0.15, 0.2) is 6.61 Å². The van der Waals surface area contributed by atoms with Crippen LogP contribution in [0.15, 0.2) is 36.7 Å². The van der Waals surface area contributed by atoms with Crippen LogP contribution < -0.4 is 15.4 Å². The number of carbonyl (C=O) groups is 1. The maximum atomic E-state index is 11.6. The number of anilines is 1. The first-order valence-corrected chi connectivity index (χ1v) is 8.17. The molecule has 0 spiro atoms. The van der Waals surface area contributed by atoms with Crippen LogP contribution in [0.3, 0.4) is 0 Å². The van der Waals surface area contributed by atoms with Crippen molar-refractivity contribution in [3.8, 4) is 5.75 Å². The van der Waals surface area contributed by atoms with E-state index in [1.807, 2.05) is 37.3 Å². The molecule has 0 bridgehead atoms. The summed E-state index contributed by atoms with van der Waals surface area (Å²) in [6.07, 6.45) is 3.71. The third-order valence-corrected chi connectivity index (χ3v) is 3.86. The predicted molar refractivity (Wildman–Crippen MR) is 91.9 cm³/mol. The molecule has 0 saturated heterocycles. The molecule has 1 unspecified atom stereocenters. The lowest BCUT2D eigenvalue weighted by atomic mass is 10.1. The van der Waals surface area contributed by atoms with Gasteiger partial charge in [0, 0.05) is 23.8 Å². The number of benzene rings is 1. The lowest BCUT2D eigenvalue weighted by Crippen LogP contribution is -2.30. The highest BCUT2D eigenvalue weighted by atomic mass is 16.5. The molecule has 1 atom stereocenters. The van der Waals surface area contributed by atoms with E-state index >= 15 is 0 Å². The summed E-state index contributed by atoms with van der Waals surface area (Å²) < 4.78 is 5.51. The van der Waals surface area contributed by atoms with E-state index in [1.54, 1.807) is 6.33 Å². The van der Waals surface area contributed by atoms with E-state index in [4.69, 9.17) is 4.74 Å². The number of amides is 1. The van der Waals surface area contributed by atoms with Gasteiger partial charge in [0.25, 0.3) is 5.91 Å². The van der Waals surface area contributed by atoms with Crippen molar-refractivity contribution in [2.24, 2.45) is 0 Å². The van der Waals surface area contributed by atoms with E-state index in [-0.39, 0.29) is 18.6 Å². The van der Waals surface area contributed by atoms with Crippen molar-refractivity contribution in [3.63, 3.8) is 0 Å². The smallest absolute Gasteiger partial charge is 0.258 e. The van der Waals surface area contributed by atoms with E-state index in [0.29, 0.717) is 11.8 Å². The molecular formula is C18H22N4O2. The average Bonchev–Trinajstić information content (AvgIpc) is 3.37. The number of hydrogen-bond acceptors (Lipinski definition) is 5. The molecule has 1 amide bonds. The SMILES string of the molecule is Cc1cc(NC(C)c2ccc(OCC(=O)NC3CC3)cc2)ncn1. The molecule has 1 heterocycles. The van der Waals surface area contributed by atoms with E-state index in [0.717, 1.165) is 29.9 Å². The normalized spacial score (nSPS) is 14.8. The van der Waals surface area contributed by atoms with Gasteiger partial charge in [-0.2, -0.15) is 0 Å². The topological polar surface area (TPSA) is 76.1 Å². The maximum Gasteiger partial charge on any atom is 0.258 e. The van der Waals surface area contributed by atoms with Gasteiger partial charge in [-0.3, -0.25) is 4.79 Å². The summed E-state index contributed by atoms with van der Waals surface area (Å²) in [5.74, 6) is 1.43. The molecule has 2 N–H and O–H groups in total. The molecule has 1 aromatic carbocycles. The van der Waals surface area contributed by atoms with E-state index in [9.17, 15) is 4.79 Å². The van der Waals surface area contributed by atoms with Crippen LogP contribution in [0.5, 0.6) is 5.75 Å². The fourth-order valence-electron chi connectivity index (χ4n) is 2.34. The monoisotopic (exact) mass is 326 g/mol. The van der Waals surface area contributed by atoms with Gasteiger partial charge < -0.3 is 15.4 Å². The summed E-state index contributed by atoms with van der Waals surface area (Å²) >= 11 is 0. The quantitative estimate of drug-likeness (QED) is 0.818. The van der Waals surface area contributed by atoms with Crippen molar-refractivity contribution < 1.29 is 9.53 Å². The van der Waals surface area contributed by atoms with Gasteiger partial charge >= 0.3 is 0 Å². The van der Waals surface area contributed by atoms with Gasteiger partial charge in [-0.25, -0.2) is 9.97 Å². The molecule has 24 heavy (non-hydrogen) atoms. The number of ether oxygens (including phenoxy) is 1. The highest BCUT2D eigenvalue weighted by Crippen LogP contribution is 2.21. The summed E-state index contributed by atoms with van der Waals surface area (Å²) in [7, 11) is 0. The maximum absolute atomic E-state index is 11.6. The van der Waals surface area contributed by atoms with Crippen LogP contribution in [-0.2, 0) is 4.79 Å². The molecule has 1 aromatic heterocycles. The Bertz CT molecular complexity index is 698. The second-order valence-electron chi connectivity index (χ2n) is 6.11. The Morgan fingerprint density at radius 3 is 2.71 bits per heavy atom. The van der Waals surface area contributed by atoms with Crippen molar-refractivity contribution in [1.29, 1.82) is 0 Å². The van der Waals surface area contributed by atoms with Crippen LogP contribution in [0.25, 0.3) is 0 Å². The summed E-state index contributed by atoms with van der Waals surface area (Å²) in [4.78, 5) is 19.9. The van der Waals surface area contributed by atoms with Gasteiger partial charge in [0.2, 0.25) is 0 Å². The first-order chi connectivity index (χ1) is 11.6. The van der Waals surface area contributed by atoms with Crippen molar-refractivity contribution in [2.45, 2.75) is 38.8 Å². The molecule has 3 rings (SSSR count). The van der Waals surface area contributed by atoms with Gasteiger partial charge in [0.1, 0.15) is 17.9 Å². The molecule has 2 aromatic rings. The number of carbonyl (C=O) groups excluding carboxylic acids is 1. The van der Waals surface area contributed by atoms with Gasteiger partial charge in [-0.15, -0.1) is 0 Å². The number of nitrogens with zero attached hydrogens (tertiary/aromatic N) is 2. The summed E-state index contributed by atoms with van der Waals surface area (Å²) in [6.45, 7) is 4.06. The minimum absolute atomic E-state index is 0.0594. The van der Waals surface area contributed by atoms with Crippen molar-refractivity contribution in [1.82, 2.24) is 15.3 Å². The van der Waals surface area contributed by atoms with Crippen molar-refractivity contribution in [2.75, 3.05) is 11.9 Å². The first-order valence-electron chi connectivity index (χ1n) is 8.17. The second-order valence-corrected chi connectivity index (χ2v) is 6.11. The standard InChI is InChI=1S/C18H22N4O2/c1-12-9-17(20-11-19-12)21-13(2)14-3-7-16(8-4-14)24-10-18(23)22-15-5-6-15/h3-4,7-9,11,13,15H,5-6,10H2,1-2H3,(H,22,23)(H,19,20,21). The minimum atomic E-state index is -0.0595. The molecule has 1 aliphatic carbocycles. The largest absolute Gasteiger partial charge is 0.484 e. The van der Waals surface area contributed by atoms with Crippen LogP contribution >= 0.6 is 0 Å². The predicted octanol–water partition coefficient (Wildman–Crippen LogP) is 2.62. The highest BCUT2D eigenvalue weighted by molar-refractivity contribution is 5.78. The Hall–Kier alpha value is -2.63. The molecule has 126 valence electrons. The fraction of sp³-hybridized carbons (Fsp3) is 0.389. The molecule has 6 nitrogen and oxygen atoms in total. The van der Waals surface area contributed by atoms with E-state index in [2.05, 4.69) is 27.5 Å². The fourth-order valence-corrected chi connectivity index (χ4v) is 2.34. The van der Waals surface area contributed by atoms with Crippen LogP contribution in [-0.4, -0.2) is 28.5 Å². The van der Waals surface area contributed by atoms with E-state index < -0.39 is 0 Å². The molecule has 6 heteroatoms. The molecule has 1 fully saturated rings. The Morgan fingerprint density at radius 2 is 2.04 bits per heavy atom. The summed E-state index contributed by atoms with van der Waals surface area (Å²) in [5, 5.41) is 6.24. The average molecular weight is 326 g/mol. The van der Waals surface area contributed by atoms with Crippen molar-refractivity contribution in [3.05, 3.63) is 47.9 Å². The molecule has 0 radical (unpaired) electrons. The lowest BCUT2D eigenvalue weighted by Gasteiger charge is -2.15. The summed E-state index contributed by atoms with van der Waals surface area (Å²) in [6, 6.07) is 10.1. The number of nitrogens with one attached hydrogen (secondary N) is 2. The zero-order valence-corrected chi connectivity index (χ0v) is 14.0. The Morgan fingerprint density at radius 1 is 1.29 bits per heavy atom. The summed E-state index contributed by atoms with van der Waals surface area (Å²) in [5.41, 5.74) is 2.04. The number of aryl methyl sites for hydroxylation is 1. The van der Waals surface area contributed by atoms with Crippen LogP contribution in [0.2, 0.25) is 0 Å². The number of hydrogen-bond donors (Lipinski definition) is 2. The van der Waals surface area contributed by atoms with Gasteiger partial charge in [-0.1, -0.05) is 12.1 Å². The van der Waals surface area contributed by atoms with Gasteiger partial charge in [-0.05, 0) is 44.4 Å². The molecular weight excluding hydrogens is 304 g/mol. The van der Waals surface area contributed by atoms with Gasteiger partial charge in [0.05, 0.1) is 0 Å². The van der Waals surface area contributed by atoms with Crippen LogP contribution in [0.1, 0.15) is 37.1 Å². The lowest BCUT2D eigenvalue weighted by molar-refractivity contribution is -0.123. The Balaban J connectivity index is 1.52. The number of aromatic nitrogens is 2. The molecule has 1 aliphatic rings. The second kappa shape index (κ2) is 7.29. The minimum Gasteiger partial charge on any atom is -0.484 e. The van der Waals surface area contributed by atoms with E-state index in [1.165, 1.54) is 0 Å². The van der Waals surface area contributed by atoms with Crippen molar-refractivity contribution >= 4 is 11.7 Å². The van der Waals surface area contributed by atoms with Crippen LogP contribution in [0, 0.1) is 6.92 Å². The third kappa shape index (κ3) is 4.68. The molecule has 0 aliphatic heterocycles. The zero-order valence-electron chi connectivity index (χ0n) is 14.0. The Kier molecular flexibility index (Phi) is 4.93. The highest BCUT2D eigenvalue weighted by Gasteiger charge is 2.23. The zero-order chi connectivity index (χ0) is 16.9. The Labute approximate surface area is 141 Å². The van der Waals surface area contributed by atoms with Crippen LogP contribution in [0.4, 0.5) is 5.82 Å².